The van der Waals surface area contributed by atoms with Crippen molar-refractivity contribution in [2.24, 2.45) is 0 Å². The summed E-state index contributed by atoms with van der Waals surface area (Å²) in [6, 6.07) is 31.1. The highest BCUT2D eigenvalue weighted by Crippen LogP contribution is 2.33. The summed E-state index contributed by atoms with van der Waals surface area (Å²) in [6.45, 7) is 2.76. The third kappa shape index (κ3) is 5.57. The summed E-state index contributed by atoms with van der Waals surface area (Å²) in [5.41, 5.74) is 3.57. The first-order chi connectivity index (χ1) is 18.1. The van der Waals surface area contributed by atoms with Crippen molar-refractivity contribution in [2.45, 2.75) is 20.0 Å². The largest absolute Gasteiger partial charge is 0.497 e. The summed E-state index contributed by atoms with van der Waals surface area (Å²) in [5, 5.41) is 6.75. The Morgan fingerprint density at radius 3 is 2.19 bits per heavy atom. The van der Waals surface area contributed by atoms with E-state index in [-0.39, 0.29) is 5.91 Å². The van der Waals surface area contributed by atoms with Gasteiger partial charge in [-0.15, -0.1) is 11.3 Å². The molecule has 2 aromatic heterocycles. The molecule has 0 bridgehead atoms. The number of para-hydroxylation sites is 1. The molecule has 0 aliphatic carbocycles. The lowest BCUT2D eigenvalue weighted by atomic mass is 10.1. The van der Waals surface area contributed by atoms with E-state index in [1.807, 2.05) is 114 Å². The van der Waals surface area contributed by atoms with Gasteiger partial charge in [0, 0.05) is 6.54 Å². The van der Waals surface area contributed by atoms with E-state index in [1.165, 1.54) is 11.3 Å². The molecule has 0 saturated heterocycles. The van der Waals surface area contributed by atoms with Gasteiger partial charge in [-0.05, 0) is 60.3 Å². The van der Waals surface area contributed by atoms with Gasteiger partial charge < -0.3 is 14.4 Å². The number of carbonyl (C=O) groups is 1. The van der Waals surface area contributed by atoms with Crippen LogP contribution in [0.2, 0.25) is 0 Å². The third-order valence-corrected chi connectivity index (χ3v) is 6.85. The molecular formula is C30H27N3O3S. The number of rotatable bonds is 9. The van der Waals surface area contributed by atoms with E-state index in [4.69, 9.17) is 14.6 Å². The zero-order valence-corrected chi connectivity index (χ0v) is 21.5. The van der Waals surface area contributed by atoms with Crippen LogP contribution in [0.25, 0.3) is 5.69 Å². The SMILES string of the molecule is COc1ccc(Oc2c(CN(Cc3ccccc3)C(=O)c3cccs3)c(C)nn2-c2ccccc2)cc1. The molecule has 1 amide bonds. The topological polar surface area (TPSA) is 56.6 Å². The summed E-state index contributed by atoms with van der Waals surface area (Å²) < 4.78 is 13.5. The molecular weight excluding hydrogens is 482 g/mol. The van der Waals surface area contributed by atoms with Crippen molar-refractivity contribution < 1.29 is 14.3 Å². The van der Waals surface area contributed by atoms with Crippen molar-refractivity contribution in [1.29, 1.82) is 0 Å². The van der Waals surface area contributed by atoms with E-state index >= 15 is 0 Å². The summed E-state index contributed by atoms with van der Waals surface area (Å²) in [7, 11) is 1.63. The van der Waals surface area contributed by atoms with Gasteiger partial charge in [-0.3, -0.25) is 4.79 Å². The molecule has 3 aromatic carbocycles. The first-order valence-electron chi connectivity index (χ1n) is 11.9. The number of methoxy groups -OCH3 is 1. The molecule has 0 atom stereocenters. The monoisotopic (exact) mass is 509 g/mol. The van der Waals surface area contributed by atoms with E-state index in [2.05, 4.69) is 0 Å². The van der Waals surface area contributed by atoms with Gasteiger partial charge in [-0.1, -0.05) is 54.6 Å². The molecule has 0 unspecified atom stereocenters. The Labute approximate surface area is 220 Å². The van der Waals surface area contributed by atoms with Crippen LogP contribution in [0.4, 0.5) is 0 Å². The minimum atomic E-state index is -0.0267. The fraction of sp³-hybridized carbons (Fsp3) is 0.133. The Bertz CT molecular complexity index is 1450. The summed E-state index contributed by atoms with van der Waals surface area (Å²) in [5.74, 6) is 1.95. The smallest absolute Gasteiger partial charge is 0.264 e. The van der Waals surface area contributed by atoms with E-state index in [0.717, 1.165) is 28.3 Å². The van der Waals surface area contributed by atoms with Gasteiger partial charge in [-0.2, -0.15) is 5.10 Å². The van der Waals surface area contributed by atoms with Gasteiger partial charge >= 0.3 is 0 Å². The molecule has 0 aliphatic rings. The molecule has 5 aromatic rings. The van der Waals surface area contributed by atoms with E-state index in [1.54, 1.807) is 11.8 Å². The Hall–Kier alpha value is -4.36. The van der Waals surface area contributed by atoms with E-state index < -0.39 is 0 Å². The average Bonchev–Trinajstić information content (AvgIpc) is 3.59. The molecule has 0 spiro atoms. The summed E-state index contributed by atoms with van der Waals surface area (Å²) in [6.07, 6.45) is 0. The van der Waals surface area contributed by atoms with Crippen LogP contribution in [-0.2, 0) is 13.1 Å². The lowest BCUT2D eigenvalue weighted by Gasteiger charge is -2.23. The fourth-order valence-corrected chi connectivity index (χ4v) is 4.77. The summed E-state index contributed by atoms with van der Waals surface area (Å²) >= 11 is 1.44. The second kappa shape index (κ2) is 11.1. The number of carbonyl (C=O) groups excluding carboxylic acids is 1. The number of ether oxygens (including phenoxy) is 2. The van der Waals surface area contributed by atoms with Gasteiger partial charge in [0.2, 0.25) is 5.88 Å². The quantitative estimate of drug-likeness (QED) is 0.217. The number of nitrogens with zero attached hydrogens (tertiary/aromatic N) is 3. The number of hydrogen-bond acceptors (Lipinski definition) is 5. The fourth-order valence-electron chi connectivity index (χ4n) is 4.08. The number of thiophene rings is 1. The van der Waals surface area contributed by atoms with Crippen molar-refractivity contribution in [2.75, 3.05) is 7.11 Å². The number of benzene rings is 3. The van der Waals surface area contributed by atoms with Crippen LogP contribution in [0.5, 0.6) is 17.4 Å². The van der Waals surface area contributed by atoms with Gasteiger partial charge in [0.25, 0.3) is 5.91 Å². The highest BCUT2D eigenvalue weighted by Gasteiger charge is 2.25. The van der Waals surface area contributed by atoms with E-state index in [0.29, 0.717) is 29.6 Å². The van der Waals surface area contributed by atoms with Crippen LogP contribution in [0, 0.1) is 6.92 Å². The van der Waals surface area contributed by atoms with Crippen LogP contribution in [-0.4, -0.2) is 27.7 Å². The second-order valence-corrected chi connectivity index (χ2v) is 9.47. The molecule has 2 heterocycles. The maximum atomic E-state index is 13.6. The molecule has 0 N–H and O–H groups in total. The molecule has 5 rings (SSSR count). The Morgan fingerprint density at radius 1 is 0.865 bits per heavy atom. The lowest BCUT2D eigenvalue weighted by Crippen LogP contribution is -2.29. The first-order valence-corrected chi connectivity index (χ1v) is 12.8. The van der Waals surface area contributed by atoms with Crippen LogP contribution in [0.3, 0.4) is 0 Å². The first kappa shape index (κ1) is 24.3. The normalized spacial score (nSPS) is 10.8. The number of amides is 1. The Balaban J connectivity index is 1.56. The molecule has 0 saturated carbocycles. The van der Waals surface area contributed by atoms with Gasteiger partial charge in [0.15, 0.2) is 0 Å². The van der Waals surface area contributed by atoms with Crippen molar-refractivity contribution in [3.63, 3.8) is 0 Å². The average molecular weight is 510 g/mol. The van der Waals surface area contributed by atoms with Crippen LogP contribution in [0.1, 0.15) is 26.5 Å². The molecule has 186 valence electrons. The number of aromatic nitrogens is 2. The maximum Gasteiger partial charge on any atom is 0.264 e. The lowest BCUT2D eigenvalue weighted by molar-refractivity contribution is 0.0734. The third-order valence-electron chi connectivity index (χ3n) is 6.00. The molecule has 7 heteroatoms. The molecule has 0 aliphatic heterocycles. The predicted molar refractivity (Wildman–Crippen MR) is 146 cm³/mol. The van der Waals surface area contributed by atoms with Crippen molar-refractivity contribution >= 4 is 17.2 Å². The molecule has 37 heavy (non-hydrogen) atoms. The van der Waals surface area contributed by atoms with Crippen molar-refractivity contribution in [1.82, 2.24) is 14.7 Å². The van der Waals surface area contributed by atoms with Gasteiger partial charge in [-0.25, -0.2) is 4.68 Å². The molecule has 0 fully saturated rings. The zero-order chi connectivity index (χ0) is 25.6. The number of aryl methyl sites for hydroxylation is 1. The maximum absolute atomic E-state index is 13.6. The second-order valence-electron chi connectivity index (χ2n) is 8.52. The van der Waals surface area contributed by atoms with E-state index in [9.17, 15) is 4.79 Å². The molecule has 0 radical (unpaired) electrons. The zero-order valence-electron chi connectivity index (χ0n) is 20.7. The Kier molecular flexibility index (Phi) is 7.33. The van der Waals surface area contributed by atoms with Crippen LogP contribution >= 0.6 is 11.3 Å². The predicted octanol–water partition coefficient (Wildman–Crippen LogP) is 6.89. The van der Waals surface area contributed by atoms with Gasteiger partial charge in [0.1, 0.15) is 11.5 Å². The highest BCUT2D eigenvalue weighted by molar-refractivity contribution is 7.12. The van der Waals surface area contributed by atoms with Crippen molar-refractivity contribution in [3.8, 4) is 23.1 Å². The minimum Gasteiger partial charge on any atom is -0.497 e. The summed E-state index contributed by atoms with van der Waals surface area (Å²) in [4.78, 5) is 16.1. The van der Waals surface area contributed by atoms with Gasteiger partial charge in [0.05, 0.1) is 35.5 Å². The highest BCUT2D eigenvalue weighted by atomic mass is 32.1. The number of hydrogen-bond donors (Lipinski definition) is 0. The molecule has 6 nitrogen and oxygen atoms in total. The van der Waals surface area contributed by atoms with Crippen LogP contribution < -0.4 is 9.47 Å². The Morgan fingerprint density at radius 2 is 1.54 bits per heavy atom. The van der Waals surface area contributed by atoms with Crippen LogP contribution in [0.15, 0.2) is 102 Å². The standard InChI is InChI=1S/C30H27N3O3S/c1-22-27(21-32(20-23-10-5-3-6-11-23)29(34)28-14-9-19-37-28)30(33(31-22)24-12-7-4-8-13-24)36-26-17-15-25(35-2)16-18-26/h3-19H,20-21H2,1-2H3. The van der Waals surface area contributed by atoms with Crippen molar-refractivity contribution in [3.05, 3.63) is 124 Å². The minimum absolute atomic E-state index is 0.0267.